The predicted molar refractivity (Wildman–Crippen MR) is 93.2 cm³/mol. The summed E-state index contributed by atoms with van der Waals surface area (Å²) in [6.07, 6.45) is 0. The van der Waals surface area contributed by atoms with Crippen LogP contribution in [0.3, 0.4) is 0 Å². The molecule has 116 valence electrons. The Morgan fingerprint density at radius 2 is 1.71 bits per heavy atom. The van der Waals surface area contributed by atoms with Crippen LogP contribution in [-0.2, 0) is 17.9 Å². The van der Waals surface area contributed by atoms with E-state index >= 15 is 0 Å². The topological polar surface area (TPSA) is 32.3 Å². The number of carbonyl (C=O) groups is 1. The van der Waals surface area contributed by atoms with Gasteiger partial charge in [0.1, 0.15) is 0 Å². The zero-order valence-electron chi connectivity index (χ0n) is 12.2. The number of thiophene rings is 2. The average molecular weight is 345 g/mol. The second kappa shape index (κ2) is 9.20. The molecule has 1 amide bonds. The fraction of sp³-hybridized carbons (Fsp3) is 0.400. The Hall–Kier alpha value is -0.880. The SMILES string of the molecule is CNCC(C)C(=O)N(Cc1cccs1)Cc1cccs1.Cl. The molecule has 2 rings (SSSR count). The highest BCUT2D eigenvalue weighted by molar-refractivity contribution is 7.10. The molecule has 0 bridgehead atoms. The smallest absolute Gasteiger partial charge is 0.227 e. The average Bonchev–Trinajstić information content (AvgIpc) is 3.10. The van der Waals surface area contributed by atoms with Crippen molar-refractivity contribution < 1.29 is 4.79 Å². The van der Waals surface area contributed by atoms with Gasteiger partial charge in [0.15, 0.2) is 0 Å². The Morgan fingerprint density at radius 1 is 1.19 bits per heavy atom. The van der Waals surface area contributed by atoms with Crippen molar-refractivity contribution >= 4 is 41.0 Å². The minimum Gasteiger partial charge on any atom is -0.332 e. The molecule has 0 radical (unpaired) electrons. The third kappa shape index (κ3) is 5.43. The van der Waals surface area contributed by atoms with E-state index in [2.05, 4.69) is 28.2 Å². The van der Waals surface area contributed by atoms with Gasteiger partial charge in [-0.3, -0.25) is 4.79 Å². The molecule has 0 spiro atoms. The lowest BCUT2D eigenvalue weighted by atomic mass is 10.1. The number of rotatable bonds is 7. The van der Waals surface area contributed by atoms with Crippen molar-refractivity contribution in [3.63, 3.8) is 0 Å². The van der Waals surface area contributed by atoms with Gasteiger partial charge in [-0.15, -0.1) is 35.1 Å². The van der Waals surface area contributed by atoms with E-state index in [-0.39, 0.29) is 24.2 Å². The summed E-state index contributed by atoms with van der Waals surface area (Å²) in [4.78, 5) is 17.0. The van der Waals surface area contributed by atoms with Gasteiger partial charge in [-0.05, 0) is 29.9 Å². The van der Waals surface area contributed by atoms with E-state index < -0.39 is 0 Å². The Morgan fingerprint density at radius 3 is 2.10 bits per heavy atom. The van der Waals surface area contributed by atoms with Crippen molar-refractivity contribution in [1.29, 1.82) is 0 Å². The first-order valence-corrected chi connectivity index (χ1v) is 8.44. The number of halogens is 1. The molecule has 1 atom stereocenters. The molecule has 0 aromatic carbocycles. The van der Waals surface area contributed by atoms with Gasteiger partial charge < -0.3 is 10.2 Å². The first-order valence-electron chi connectivity index (χ1n) is 6.69. The second-order valence-electron chi connectivity index (χ2n) is 4.81. The summed E-state index contributed by atoms with van der Waals surface area (Å²) in [5, 5.41) is 7.19. The molecule has 0 saturated heterocycles. The van der Waals surface area contributed by atoms with Gasteiger partial charge in [0.05, 0.1) is 13.1 Å². The van der Waals surface area contributed by atoms with E-state index in [1.807, 2.05) is 31.0 Å². The van der Waals surface area contributed by atoms with Crippen LogP contribution in [0.15, 0.2) is 35.0 Å². The van der Waals surface area contributed by atoms with Crippen LogP contribution < -0.4 is 5.32 Å². The van der Waals surface area contributed by atoms with E-state index in [4.69, 9.17) is 0 Å². The third-order valence-electron chi connectivity index (χ3n) is 3.10. The highest BCUT2D eigenvalue weighted by atomic mass is 35.5. The molecular weight excluding hydrogens is 324 g/mol. The zero-order valence-corrected chi connectivity index (χ0v) is 14.7. The Balaban J connectivity index is 0.00000220. The van der Waals surface area contributed by atoms with Crippen LogP contribution in [0.1, 0.15) is 16.7 Å². The molecule has 21 heavy (non-hydrogen) atoms. The maximum Gasteiger partial charge on any atom is 0.227 e. The van der Waals surface area contributed by atoms with Crippen molar-refractivity contribution in [3.05, 3.63) is 44.8 Å². The van der Waals surface area contributed by atoms with Crippen molar-refractivity contribution in [2.45, 2.75) is 20.0 Å². The maximum atomic E-state index is 12.6. The van der Waals surface area contributed by atoms with Gasteiger partial charge in [0.2, 0.25) is 5.91 Å². The summed E-state index contributed by atoms with van der Waals surface area (Å²) in [5.74, 6) is 0.209. The molecule has 0 saturated carbocycles. The summed E-state index contributed by atoms with van der Waals surface area (Å²) in [6.45, 7) is 4.09. The van der Waals surface area contributed by atoms with Crippen LogP contribution >= 0.6 is 35.1 Å². The number of hydrogen-bond acceptors (Lipinski definition) is 4. The Kier molecular flexibility index (Phi) is 7.96. The molecule has 1 N–H and O–H groups in total. The number of carbonyl (C=O) groups excluding carboxylic acids is 1. The quantitative estimate of drug-likeness (QED) is 0.832. The summed E-state index contributed by atoms with van der Waals surface area (Å²) in [6, 6.07) is 8.24. The molecule has 0 fully saturated rings. The number of nitrogens with zero attached hydrogens (tertiary/aromatic N) is 1. The van der Waals surface area contributed by atoms with Crippen LogP contribution in [0.5, 0.6) is 0 Å². The van der Waals surface area contributed by atoms with Crippen LogP contribution in [-0.4, -0.2) is 24.4 Å². The standard InChI is InChI=1S/C15H20N2OS2.ClH/c1-12(9-16-2)15(18)17(10-13-5-3-7-19-13)11-14-6-4-8-20-14;/h3-8,12,16H,9-11H2,1-2H3;1H. The van der Waals surface area contributed by atoms with E-state index in [0.29, 0.717) is 19.6 Å². The van der Waals surface area contributed by atoms with Gasteiger partial charge in [-0.2, -0.15) is 0 Å². The Bertz CT molecular complexity index is 478. The summed E-state index contributed by atoms with van der Waals surface area (Å²) in [7, 11) is 1.88. The predicted octanol–water partition coefficient (Wildman–Crippen LogP) is 3.62. The normalized spacial score (nSPS) is 11.7. The molecule has 0 aliphatic carbocycles. The molecule has 2 heterocycles. The van der Waals surface area contributed by atoms with Gasteiger partial charge >= 0.3 is 0 Å². The highest BCUT2D eigenvalue weighted by Crippen LogP contribution is 2.19. The lowest BCUT2D eigenvalue weighted by Gasteiger charge is -2.25. The monoisotopic (exact) mass is 344 g/mol. The van der Waals surface area contributed by atoms with Gasteiger partial charge in [0.25, 0.3) is 0 Å². The minimum absolute atomic E-state index is 0. The van der Waals surface area contributed by atoms with Crippen LogP contribution in [0.25, 0.3) is 0 Å². The maximum absolute atomic E-state index is 12.6. The number of amides is 1. The van der Waals surface area contributed by atoms with E-state index in [1.54, 1.807) is 22.7 Å². The second-order valence-corrected chi connectivity index (χ2v) is 6.88. The zero-order chi connectivity index (χ0) is 14.4. The summed E-state index contributed by atoms with van der Waals surface area (Å²) >= 11 is 3.40. The van der Waals surface area contributed by atoms with Crippen molar-refractivity contribution in [1.82, 2.24) is 10.2 Å². The largest absolute Gasteiger partial charge is 0.332 e. The van der Waals surface area contributed by atoms with Crippen LogP contribution in [0.2, 0.25) is 0 Å². The lowest BCUT2D eigenvalue weighted by Crippen LogP contribution is -2.37. The molecule has 2 aromatic heterocycles. The molecular formula is C15H21ClN2OS2. The van der Waals surface area contributed by atoms with E-state index in [9.17, 15) is 4.79 Å². The van der Waals surface area contributed by atoms with Crippen molar-refractivity contribution in [3.8, 4) is 0 Å². The fourth-order valence-corrected chi connectivity index (χ4v) is 3.54. The molecule has 1 unspecified atom stereocenters. The van der Waals surface area contributed by atoms with Crippen molar-refractivity contribution in [2.75, 3.05) is 13.6 Å². The van der Waals surface area contributed by atoms with E-state index in [1.165, 1.54) is 9.75 Å². The fourth-order valence-electron chi connectivity index (χ4n) is 2.10. The minimum atomic E-state index is -0.0000699. The third-order valence-corrected chi connectivity index (χ3v) is 4.82. The molecule has 2 aromatic rings. The molecule has 0 aliphatic rings. The van der Waals surface area contributed by atoms with Crippen LogP contribution in [0, 0.1) is 5.92 Å². The molecule has 6 heteroatoms. The van der Waals surface area contributed by atoms with Gasteiger partial charge in [-0.1, -0.05) is 19.1 Å². The highest BCUT2D eigenvalue weighted by Gasteiger charge is 2.21. The summed E-state index contributed by atoms with van der Waals surface area (Å²) in [5.41, 5.74) is 0. The first-order chi connectivity index (χ1) is 9.70. The first kappa shape index (κ1) is 18.2. The van der Waals surface area contributed by atoms with E-state index in [0.717, 1.165) is 0 Å². The lowest BCUT2D eigenvalue weighted by molar-refractivity contribution is -0.136. The molecule has 3 nitrogen and oxygen atoms in total. The van der Waals surface area contributed by atoms with Gasteiger partial charge in [0, 0.05) is 22.2 Å². The number of nitrogens with one attached hydrogen (secondary N) is 1. The van der Waals surface area contributed by atoms with Gasteiger partial charge in [-0.25, -0.2) is 0 Å². The molecule has 0 aliphatic heterocycles. The van der Waals surface area contributed by atoms with Crippen LogP contribution in [0.4, 0.5) is 0 Å². The Labute approximate surface area is 140 Å². The summed E-state index contributed by atoms with van der Waals surface area (Å²) < 4.78 is 0. The number of hydrogen-bond donors (Lipinski definition) is 1. The van der Waals surface area contributed by atoms with Crippen molar-refractivity contribution in [2.24, 2.45) is 5.92 Å².